The molecule has 2 aliphatic rings. The van der Waals surface area contributed by atoms with E-state index in [4.69, 9.17) is 0 Å². The molecular formula is C21H27N3O2. The third-order valence-corrected chi connectivity index (χ3v) is 5.76. The second kappa shape index (κ2) is 6.78. The molecular weight excluding hydrogens is 326 g/mol. The average molecular weight is 353 g/mol. The van der Waals surface area contributed by atoms with Gasteiger partial charge in [-0.15, -0.1) is 0 Å². The highest BCUT2D eigenvalue weighted by Gasteiger charge is 2.38. The Morgan fingerprint density at radius 2 is 1.88 bits per heavy atom. The van der Waals surface area contributed by atoms with Crippen molar-refractivity contribution >= 4 is 5.91 Å². The number of pyridine rings is 1. The monoisotopic (exact) mass is 353 g/mol. The number of amides is 1. The van der Waals surface area contributed by atoms with Crippen molar-refractivity contribution in [1.82, 2.24) is 14.0 Å². The summed E-state index contributed by atoms with van der Waals surface area (Å²) in [6.45, 7) is 6.53. The lowest BCUT2D eigenvalue weighted by molar-refractivity contribution is -0.138. The van der Waals surface area contributed by atoms with E-state index in [2.05, 4.69) is 13.8 Å². The van der Waals surface area contributed by atoms with Crippen LogP contribution in [-0.2, 0) is 11.3 Å². The van der Waals surface area contributed by atoms with Crippen molar-refractivity contribution in [2.45, 2.75) is 45.2 Å². The Morgan fingerprint density at radius 1 is 1.12 bits per heavy atom. The van der Waals surface area contributed by atoms with Crippen LogP contribution in [0.1, 0.15) is 44.3 Å². The standard InChI is InChI=1S/C21H27N3O2/c1-15(2)10-19(22-8-3-4-9-22)21(26)23-12-16-11-17(14-23)18-6-5-7-20(25)24(18)13-16/h3-9,15-17,19H,10-14H2,1-2H3/t16?,17?,19-/m0/s1. The van der Waals surface area contributed by atoms with Crippen LogP contribution in [0.15, 0.2) is 47.5 Å². The first-order valence-electron chi connectivity index (χ1n) is 9.64. The number of carbonyl (C=O) groups is 1. The van der Waals surface area contributed by atoms with Gasteiger partial charge in [0.05, 0.1) is 0 Å². The van der Waals surface area contributed by atoms with E-state index < -0.39 is 0 Å². The van der Waals surface area contributed by atoms with E-state index in [1.54, 1.807) is 6.07 Å². The first-order chi connectivity index (χ1) is 12.5. The number of hydrogen-bond acceptors (Lipinski definition) is 2. The number of carbonyl (C=O) groups excluding carboxylic acids is 1. The Balaban J connectivity index is 1.59. The van der Waals surface area contributed by atoms with E-state index in [1.165, 1.54) is 0 Å². The molecule has 4 rings (SSSR count). The van der Waals surface area contributed by atoms with Crippen LogP contribution in [0.2, 0.25) is 0 Å². The molecule has 0 radical (unpaired) electrons. The fourth-order valence-corrected chi connectivity index (χ4v) is 4.64. The molecule has 3 atom stereocenters. The largest absolute Gasteiger partial charge is 0.342 e. The molecule has 2 unspecified atom stereocenters. The van der Waals surface area contributed by atoms with Crippen molar-refractivity contribution < 1.29 is 4.79 Å². The van der Waals surface area contributed by atoms with Crippen molar-refractivity contribution in [3.05, 3.63) is 58.8 Å². The molecule has 0 aliphatic carbocycles. The molecule has 1 saturated heterocycles. The van der Waals surface area contributed by atoms with Gasteiger partial charge in [-0.3, -0.25) is 9.59 Å². The molecule has 0 spiro atoms. The van der Waals surface area contributed by atoms with Crippen LogP contribution in [0, 0.1) is 11.8 Å². The van der Waals surface area contributed by atoms with Gasteiger partial charge in [-0.25, -0.2) is 0 Å². The molecule has 0 N–H and O–H groups in total. The van der Waals surface area contributed by atoms with E-state index in [0.717, 1.165) is 31.6 Å². The normalized spacial score (nSPS) is 23.0. The number of fused-ring (bicyclic) bond motifs is 4. The van der Waals surface area contributed by atoms with Gasteiger partial charge >= 0.3 is 0 Å². The highest BCUT2D eigenvalue weighted by Crippen LogP contribution is 2.36. The van der Waals surface area contributed by atoms with Crippen LogP contribution in [0.5, 0.6) is 0 Å². The predicted octanol–water partition coefficient (Wildman–Crippen LogP) is 2.88. The first-order valence-corrected chi connectivity index (χ1v) is 9.64. The summed E-state index contributed by atoms with van der Waals surface area (Å²) in [4.78, 5) is 27.6. The zero-order valence-corrected chi connectivity index (χ0v) is 15.5. The van der Waals surface area contributed by atoms with E-state index in [9.17, 15) is 9.59 Å². The quantitative estimate of drug-likeness (QED) is 0.848. The number of aromatic nitrogens is 2. The zero-order valence-electron chi connectivity index (χ0n) is 15.5. The van der Waals surface area contributed by atoms with Crippen molar-refractivity contribution in [2.24, 2.45) is 11.8 Å². The van der Waals surface area contributed by atoms with Crippen LogP contribution < -0.4 is 5.56 Å². The Kier molecular flexibility index (Phi) is 4.47. The predicted molar refractivity (Wildman–Crippen MR) is 101 cm³/mol. The van der Waals surface area contributed by atoms with Crippen LogP contribution in [-0.4, -0.2) is 33.0 Å². The fraction of sp³-hybridized carbons (Fsp3) is 0.524. The number of rotatable bonds is 4. The highest BCUT2D eigenvalue weighted by atomic mass is 16.2. The maximum absolute atomic E-state index is 13.4. The maximum atomic E-state index is 13.4. The van der Waals surface area contributed by atoms with Gasteiger partial charge in [0, 0.05) is 49.7 Å². The Hall–Kier alpha value is -2.30. The van der Waals surface area contributed by atoms with Crippen molar-refractivity contribution in [2.75, 3.05) is 13.1 Å². The highest BCUT2D eigenvalue weighted by molar-refractivity contribution is 5.80. The second-order valence-electron chi connectivity index (χ2n) is 8.22. The van der Waals surface area contributed by atoms with Crippen LogP contribution >= 0.6 is 0 Å². The fourth-order valence-electron chi connectivity index (χ4n) is 4.64. The van der Waals surface area contributed by atoms with Gasteiger partial charge in [-0.05, 0) is 42.9 Å². The van der Waals surface area contributed by atoms with Crippen LogP contribution in [0.3, 0.4) is 0 Å². The second-order valence-corrected chi connectivity index (χ2v) is 8.22. The van der Waals surface area contributed by atoms with E-state index in [1.807, 2.05) is 50.7 Å². The lowest BCUT2D eigenvalue weighted by Gasteiger charge is -2.43. The van der Waals surface area contributed by atoms with Gasteiger partial charge in [-0.1, -0.05) is 19.9 Å². The lowest BCUT2D eigenvalue weighted by Crippen LogP contribution is -2.50. The summed E-state index contributed by atoms with van der Waals surface area (Å²) in [5, 5.41) is 0. The SMILES string of the molecule is CC(C)C[C@@H](C(=O)N1CC2CC(C1)c1cccc(=O)n1C2)n1cccc1. The third-order valence-electron chi connectivity index (χ3n) is 5.76. The minimum absolute atomic E-state index is 0.0852. The molecule has 1 fully saturated rings. The van der Waals surface area contributed by atoms with Crippen molar-refractivity contribution in [3.8, 4) is 0 Å². The van der Waals surface area contributed by atoms with E-state index in [-0.39, 0.29) is 23.4 Å². The molecule has 2 aliphatic heterocycles. The lowest BCUT2D eigenvalue weighted by atomic mass is 9.82. The number of hydrogen-bond donors (Lipinski definition) is 0. The molecule has 0 aromatic carbocycles. The van der Waals surface area contributed by atoms with Gasteiger partial charge < -0.3 is 14.0 Å². The number of piperidine rings is 1. The number of likely N-dealkylation sites (tertiary alicyclic amines) is 1. The third kappa shape index (κ3) is 3.11. The molecule has 2 bridgehead atoms. The molecule has 0 saturated carbocycles. The molecule has 5 nitrogen and oxygen atoms in total. The van der Waals surface area contributed by atoms with E-state index >= 15 is 0 Å². The molecule has 5 heteroatoms. The maximum Gasteiger partial charge on any atom is 0.250 e. The van der Waals surface area contributed by atoms with Gasteiger partial charge in [0.25, 0.3) is 5.56 Å². The Morgan fingerprint density at radius 3 is 2.62 bits per heavy atom. The smallest absolute Gasteiger partial charge is 0.250 e. The topological polar surface area (TPSA) is 47.2 Å². The Bertz CT molecular complexity index is 837. The Labute approximate surface area is 154 Å². The zero-order chi connectivity index (χ0) is 18.3. The summed E-state index contributed by atoms with van der Waals surface area (Å²) < 4.78 is 3.96. The summed E-state index contributed by atoms with van der Waals surface area (Å²) in [5.74, 6) is 1.31. The van der Waals surface area contributed by atoms with Gasteiger partial charge in [-0.2, -0.15) is 0 Å². The molecule has 2 aromatic heterocycles. The average Bonchev–Trinajstić information content (AvgIpc) is 3.14. The van der Waals surface area contributed by atoms with Crippen molar-refractivity contribution in [3.63, 3.8) is 0 Å². The van der Waals surface area contributed by atoms with Gasteiger partial charge in [0.15, 0.2) is 0 Å². The van der Waals surface area contributed by atoms with Gasteiger partial charge in [0.1, 0.15) is 6.04 Å². The summed E-state index contributed by atoms with van der Waals surface area (Å²) in [5.41, 5.74) is 1.18. The molecule has 138 valence electrons. The van der Waals surface area contributed by atoms with Crippen LogP contribution in [0.25, 0.3) is 0 Å². The van der Waals surface area contributed by atoms with Crippen molar-refractivity contribution in [1.29, 1.82) is 0 Å². The summed E-state index contributed by atoms with van der Waals surface area (Å²) in [6.07, 6.45) is 5.90. The minimum atomic E-state index is -0.137. The molecule has 4 heterocycles. The number of nitrogens with zero attached hydrogens (tertiary/aromatic N) is 3. The van der Waals surface area contributed by atoms with Gasteiger partial charge in [0.2, 0.25) is 5.91 Å². The molecule has 26 heavy (non-hydrogen) atoms. The first kappa shape index (κ1) is 17.1. The molecule has 1 amide bonds. The van der Waals surface area contributed by atoms with Crippen LogP contribution in [0.4, 0.5) is 0 Å². The molecule has 2 aromatic rings. The summed E-state index contributed by atoms with van der Waals surface area (Å²) in [7, 11) is 0. The van der Waals surface area contributed by atoms with E-state index in [0.29, 0.717) is 18.4 Å². The minimum Gasteiger partial charge on any atom is -0.342 e. The summed E-state index contributed by atoms with van der Waals surface area (Å²) in [6, 6.07) is 9.35. The summed E-state index contributed by atoms with van der Waals surface area (Å²) >= 11 is 0.